The lowest BCUT2D eigenvalue weighted by molar-refractivity contribution is -0.136. The number of hydrogen-bond acceptors (Lipinski definition) is 5. The third-order valence-corrected chi connectivity index (χ3v) is 5.11. The SMILES string of the molecule is CS(=O)(=O)c1ccc2c(c1F)C(=O)N(C1CCC(=O)NC1=O)C2. The lowest BCUT2D eigenvalue weighted by atomic mass is 10.0. The first-order chi connectivity index (χ1) is 10.7. The van der Waals surface area contributed by atoms with E-state index in [9.17, 15) is 27.2 Å². The summed E-state index contributed by atoms with van der Waals surface area (Å²) in [6.07, 6.45) is 1.10. The number of sulfone groups is 1. The summed E-state index contributed by atoms with van der Waals surface area (Å²) in [4.78, 5) is 36.1. The molecule has 2 aliphatic heterocycles. The van der Waals surface area contributed by atoms with Crippen molar-refractivity contribution >= 4 is 27.6 Å². The van der Waals surface area contributed by atoms with Gasteiger partial charge < -0.3 is 4.90 Å². The smallest absolute Gasteiger partial charge is 0.258 e. The Hall–Kier alpha value is -2.29. The lowest BCUT2D eigenvalue weighted by Gasteiger charge is -2.29. The van der Waals surface area contributed by atoms with Crippen LogP contribution in [0.3, 0.4) is 0 Å². The number of halogens is 1. The van der Waals surface area contributed by atoms with Crippen LogP contribution in [0.1, 0.15) is 28.8 Å². The molecular formula is C14H13FN2O5S. The van der Waals surface area contributed by atoms with Crippen LogP contribution in [0.2, 0.25) is 0 Å². The Morgan fingerprint density at radius 1 is 1.26 bits per heavy atom. The third kappa shape index (κ3) is 2.50. The highest BCUT2D eigenvalue weighted by Crippen LogP contribution is 2.31. The van der Waals surface area contributed by atoms with Crippen molar-refractivity contribution in [2.75, 3.05) is 6.26 Å². The highest BCUT2D eigenvalue weighted by atomic mass is 32.2. The van der Waals surface area contributed by atoms with Crippen LogP contribution in [0.25, 0.3) is 0 Å². The minimum atomic E-state index is -3.81. The molecule has 1 saturated heterocycles. The predicted molar refractivity (Wildman–Crippen MR) is 75.6 cm³/mol. The van der Waals surface area contributed by atoms with Crippen molar-refractivity contribution in [3.05, 3.63) is 29.1 Å². The van der Waals surface area contributed by atoms with E-state index in [1.54, 1.807) is 0 Å². The topological polar surface area (TPSA) is 101 Å². The molecule has 1 fully saturated rings. The monoisotopic (exact) mass is 340 g/mol. The fraction of sp³-hybridized carbons (Fsp3) is 0.357. The quantitative estimate of drug-likeness (QED) is 0.763. The minimum absolute atomic E-state index is 0.00139. The Kier molecular flexibility index (Phi) is 3.47. The van der Waals surface area contributed by atoms with Gasteiger partial charge in [-0.3, -0.25) is 19.7 Å². The molecule has 0 aliphatic carbocycles. The molecule has 2 heterocycles. The summed E-state index contributed by atoms with van der Waals surface area (Å²) in [5.74, 6) is -2.85. The number of amides is 3. The average molecular weight is 340 g/mol. The van der Waals surface area contributed by atoms with Crippen LogP contribution in [0.5, 0.6) is 0 Å². The molecule has 0 bridgehead atoms. The van der Waals surface area contributed by atoms with Gasteiger partial charge in [-0.05, 0) is 18.1 Å². The zero-order valence-electron chi connectivity index (χ0n) is 12.1. The van der Waals surface area contributed by atoms with Gasteiger partial charge in [-0.2, -0.15) is 0 Å². The van der Waals surface area contributed by atoms with Gasteiger partial charge in [0.2, 0.25) is 11.8 Å². The molecule has 122 valence electrons. The van der Waals surface area contributed by atoms with Crippen molar-refractivity contribution < 1.29 is 27.2 Å². The Labute approximate surface area is 131 Å². The maximum atomic E-state index is 14.4. The van der Waals surface area contributed by atoms with Gasteiger partial charge in [0.1, 0.15) is 10.9 Å². The standard InChI is InChI=1S/C14H13FN2O5S/c1-23(21,22)9-4-2-7-6-17(14(20)11(7)12(9)15)8-3-5-10(18)16-13(8)19/h2,4,8H,3,5-6H2,1H3,(H,16,18,19). The van der Waals surface area contributed by atoms with Crippen molar-refractivity contribution in [1.29, 1.82) is 0 Å². The predicted octanol–water partition coefficient (Wildman–Crippen LogP) is -0.00980. The summed E-state index contributed by atoms with van der Waals surface area (Å²) >= 11 is 0. The number of rotatable bonds is 2. The molecule has 1 aromatic rings. The summed E-state index contributed by atoms with van der Waals surface area (Å²) in [6.45, 7) is 0.00139. The first kappa shape index (κ1) is 15.6. The van der Waals surface area contributed by atoms with Crippen molar-refractivity contribution in [3.8, 4) is 0 Å². The van der Waals surface area contributed by atoms with Crippen LogP contribution in [0.4, 0.5) is 4.39 Å². The second kappa shape index (κ2) is 5.12. The van der Waals surface area contributed by atoms with E-state index >= 15 is 0 Å². The second-order valence-electron chi connectivity index (χ2n) is 5.58. The molecule has 9 heteroatoms. The van der Waals surface area contributed by atoms with Gasteiger partial charge in [-0.25, -0.2) is 12.8 Å². The van der Waals surface area contributed by atoms with E-state index in [-0.39, 0.29) is 24.9 Å². The van der Waals surface area contributed by atoms with Gasteiger partial charge >= 0.3 is 0 Å². The average Bonchev–Trinajstić information content (AvgIpc) is 2.76. The minimum Gasteiger partial charge on any atom is -0.322 e. The van der Waals surface area contributed by atoms with Crippen LogP contribution in [-0.4, -0.2) is 43.3 Å². The molecule has 1 atom stereocenters. The van der Waals surface area contributed by atoms with Crippen LogP contribution in [0.15, 0.2) is 17.0 Å². The van der Waals surface area contributed by atoms with E-state index < -0.39 is 44.3 Å². The number of carbonyl (C=O) groups is 3. The largest absolute Gasteiger partial charge is 0.322 e. The number of fused-ring (bicyclic) bond motifs is 1. The van der Waals surface area contributed by atoms with Crippen LogP contribution >= 0.6 is 0 Å². The molecule has 1 N–H and O–H groups in total. The molecule has 2 aliphatic rings. The van der Waals surface area contributed by atoms with E-state index in [2.05, 4.69) is 5.32 Å². The Morgan fingerprint density at radius 2 is 1.96 bits per heavy atom. The zero-order valence-corrected chi connectivity index (χ0v) is 12.9. The highest BCUT2D eigenvalue weighted by molar-refractivity contribution is 7.90. The molecule has 23 heavy (non-hydrogen) atoms. The number of carbonyl (C=O) groups excluding carboxylic acids is 3. The van der Waals surface area contributed by atoms with Gasteiger partial charge in [0, 0.05) is 19.2 Å². The number of hydrogen-bond donors (Lipinski definition) is 1. The summed E-state index contributed by atoms with van der Waals surface area (Å²) in [5.41, 5.74) is 0.00206. The van der Waals surface area contributed by atoms with Gasteiger partial charge in [0.25, 0.3) is 5.91 Å². The molecule has 3 rings (SSSR count). The molecular weight excluding hydrogens is 327 g/mol. The molecule has 0 aromatic heterocycles. The second-order valence-corrected chi connectivity index (χ2v) is 7.57. The van der Waals surface area contributed by atoms with Gasteiger partial charge in [-0.15, -0.1) is 0 Å². The first-order valence-electron chi connectivity index (χ1n) is 6.86. The van der Waals surface area contributed by atoms with Gasteiger partial charge in [0.05, 0.1) is 5.56 Å². The fourth-order valence-corrected chi connectivity index (χ4v) is 3.62. The van der Waals surface area contributed by atoms with Gasteiger partial charge in [0.15, 0.2) is 15.7 Å². The van der Waals surface area contributed by atoms with Crippen molar-refractivity contribution in [2.45, 2.75) is 30.3 Å². The van der Waals surface area contributed by atoms with E-state index in [1.165, 1.54) is 11.0 Å². The van der Waals surface area contributed by atoms with Crippen LogP contribution in [-0.2, 0) is 26.0 Å². The summed E-state index contributed by atoms with van der Waals surface area (Å²) in [6, 6.07) is 1.62. The van der Waals surface area contributed by atoms with Crippen LogP contribution in [0, 0.1) is 5.82 Å². The highest BCUT2D eigenvalue weighted by Gasteiger charge is 2.41. The third-order valence-electron chi connectivity index (χ3n) is 3.99. The number of nitrogens with one attached hydrogen (secondary N) is 1. The van der Waals surface area contributed by atoms with E-state index in [0.717, 1.165) is 12.3 Å². The molecule has 1 unspecified atom stereocenters. The normalized spacial score (nSPS) is 21.4. The van der Waals surface area contributed by atoms with Crippen molar-refractivity contribution in [2.24, 2.45) is 0 Å². The molecule has 1 aromatic carbocycles. The lowest BCUT2D eigenvalue weighted by Crippen LogP contribution is -2.52. The molecule has 7 nitrogen and oxygen atoms in total. The fourth-order valence-electron chi connectivity index (χ4n) is 2.88. The van der Waals surface area contributed by atoms with Crippen molar-refractivity contribution in [3.63, 3.8) is 0 Å². The maximum Gasteiger partial charge on any atom is 0.258 e. The van der Waals surface area contributed by atoms with Crippen LogP contribution < -0.4 is 5.32 Å². The Bertz CT molecular complexity index is 849. The summed E-state index contributed by atoms with van der Waals surface area (Å²) in [7, 11) is -3.81. The summed E-state index contributed by atoms with van der Waals surface area (Å²) < 4.78 is 37.6. The first-order valence-corrected chi connectivity index (χ1v) is 8.75. The number of imide groups is 1. The van der Waals surface area contributed by atoms with Gasteiger partial charge in [-0.1, -0.05) is 6.07 Å². The molecule has 3 amide bonds. The molecule has 0 saturated carbocycles. The maximum absolute atomic E-state index is 14.4. The molecule has 0 spiro atoms. The Balaban J connectivity index is 1.99. The van der Waals surface area contributed by atoms with E-state index in [1.807, 2.05) is 0 Å². The number of benzene rings is 1. The van der Waals surface area contributed by atoms with Crippen molar-refractivity contribution in [1.82, 2.24) is 10.2 Å². The zero-order chi connectivity index (χ0) is 16.9. The summed E-state index contributed by atoms with van der Waals surface area (Å²) in [5, 5.41) is 2.14. The Morgan fingerprint density at radius 3 is 2.57 bits per heavy atom. The van der Waals surface area contributed by atoms with E-state index in [0.29, 0.717) is 5.56 Å². The van der Waals surface area contributed by atoms with E-state index in [4.69, 9.17) is 0 Å². The number of piperidine rings is 1. The molecule has 0 radical (unpaired) electrons. The number of nitrogens with zero attached hydrogens (tertiary/aromatic N) is 1.